The Morgan fingerprint density at radius 1 is 0.675 bits per heavy atom. The summed E-state index contributed by atoms with van der Waals surface area (Å²) in [5.74, 6) is 3.25. The monoisotopic (exact) mass is 537 g/mol. The third-order valence-electron chi connectivity index (χ3n) is 6.11. The highest BCUT2D eigenvalue weighted by molar-refractivity contribution is 6.02. The van der Waals surface area contributed by atoms with Gasteiger partial charge < -0.3 is 28.7 Å². The van der Waals surface area contributed by atoms with Crippen molar-refractivity contribution in [3.05, 3.63) is 114 Å². The Morgan fingerprint density at radius 3 is 2.20 bits per heavy atom. The van der Waals surface area contributed by atoms with Crippen LogP contribution in [0.5, 0.6) is 23.0 Å². The van der Waals surface area contributed by atoms with Crippen LogP contribution in [0.4, 0.5) is 5.69 Å². The standard InChI is InChI=1S/C33H31NO6/c1-3-36-30-17-9-23(19-32(30)37-4-2)21-38-27-14-11-26(12-15-27)34-33(35)31-18-16-29(40-31)22-39-28-13-10-24-7-5-6-8-25(24)20-28/h5-20H,3-4,21-22H2,1-2H3,(H,34,35). The van der Waals surface area contributed by atoms with Crippen LogP contribution >= 0.6 is 0 Å². The van der Waals surface area contributed by atoms with Crippen LogP contribution in [0.3, 0.4) is 0 Å². The van der Waals surface area contributed by atoms with Crippen LogP contribution in [0, 0.1) is 0 Å². The van der Waals surface area contributed by atoms with Gasteiger partial charge in [0.1, 0.15) is 30.5 Å². The first kappa shape index (κ1) is 26.7. The smallest absolute Gasteiger partial charge is 0.291 e. The fourth-order valence-corrected chi connectivity index (χ4v) is 4.17. The molecule has 1 aromatic heterocycles. The molecule has 0 spiro atoms. The summed E-state index contributed by atoms with van der Waals surface area (Å²) in [4.78, 5) is 12.7. The molecular formula is C33H31NO6. The number of benzene rings is 4. The molecular weight excluding hydrogens is 506 g/mol. The average Bonchev–Trinajstić information content (AvgIpc) is 3.46. The molecule has 0 fully saturated rings. The zero-order valence-electron chi connectivity index (χ0n) is 22.5. The quantitative estimate of drug-likeness (QED) is 0.176. The molecule has 40 heavy (non-hydrogen) atoms. The molecule has 7 heteroatoms. The number of hydrogen-bond donors (Lipinski definition) is 1. The lowest BCUT2D eigenvalue weighted by Crippen LogP contribution is -2.10. The second-order valence-corrected chi connectivity index (χ2v) is 8.98. The van der Waals surface area contributed by atoms with Crippen molar-refractivity contribution in [1.29, 1.82) is 0 Å². The van der Waals surface area contributed by atoms with Gasteiger partial charge in [0, 0.05) is 5.69 Å². The summed E-state index contributed by atoms with van der Waals surface area (Å²) < 4.78 is 28.8. The van der Waals surface area contributed by atoms with Gasteiger partial charge in [0.05, 0.1) is 13.2 Å². The molecule has 204 valence electrons. The number of hydrogen-bond acceptors (Lipinski definition) is 6. The second kappa shape index (κ2) is 12.8. The SMILES string of the molecule is CCOc1ccc(COc2ccc(NC(=O)c3ccc(COc4ccc5ccccc5c4)o3)cc2)cc1OCC. The topological polar surface area (TPSA) is 79.2 Å². The van der Waals surface area contributed by atoms with Crippen LogP contribution in [0.15, 0.2) is 101 Å². The second-order valence-electron chi connectivity index (χ2n) is 8.98. The van der Waals surface area contributed by atoms with Crippen LogP contribution in [0.1, 0.15) is 35.7 Å². The third-order valence-corrected chi connectivity index (χ3v) is 6.11. The van der Waals surface area contributed by atoms with Gasteiger partial charge in [0.25, 0.3) is 5.91 Å². The Hall–Kier alpha value is -4.91. The van der Waals surface area contributed by atoms with Gasteiger partial charge in [-0.2, -0.15) is 0 Å². The summed E-state index contributed by atoms with van der Waals surface area (Å²) in [6, 6.07) is 30.3. The van der Waals surface area contributed by atoms with Crippen molar-refractivity contribution < 1.29 is 28.2 Å². The third kappa shape index (κ3) is 6.74. The Labute approximate surface area is 233 Å². The number of amides is 1. The van der Waals surface area contributed by atoms with Crippen molar-refractivity contribution in [2.75, 3.05) is 18.5 Å². The number of rotatable bonds is 12. The van der Waals surface area contributed by atoms with E-state index in [1.165, 1.54) is 0 Å². The summed E-state index contributed by atoms with van der Waals surface area (Å²) in [6.07, 6.45) is 0. The van der Waals surface area contributed by atoms with E-state index < -0.39 is 0 Å². The highest BCUT2D eigenvalue weighted by Gasteiger charge is 2.13. The lowest BCUT2D eigenvalue weighted by molar-refractivity contribution is 0.0992. The molecule has 0 saturated heterocycles. The summed E-state index contributed by atoms with van der Waals surface area (Å²) in [5.41, 5.74) is 1.59. The summed E-state index contributed by atoms with van der Waals surface area (Å²) >= 11 is 0. The maximum absolute atomic E-state index is 12.7. The Bertz CT molecular complexity index is 1570. The van der Waals surface area contributed by atoms with Crippen LogP contribution < -0.4 is 24.3 Å². The van der Waals surface area contributed by atoms with Crippen molar-refractivity contribution in [3.8, 4) is 23.0 Å². The van der Waals surface area contributed by atoms with E-state index in [9.17, 15) is 4.79 Å². The van der Waals surface area contributed by atoms with Crippen LogP contribution in [0.25, 0.3) is 10.8 Å². The van der Waals surface area contributed by atoms with Gasteiger partial charge in [-0.1, -0.05) is 36.4 Å². The summed E-state index contributed by atoms with van der Waals surface area (Å²) in [5, 5.41) is 5.09. The van der Waals surface area contributed by atoms with E-state index in [4.69, 9.17) is 23.4 Å². The molecule has 0 radical (unpaired) electrons. The first-order chi connectivity index (χ1) is 19.6. The molecule has 5 rings (SSSR count). The predicted octanol–water partition coefficient (Wildman–Crippen LogP) is 7.64. The average molecular weight is 538 g/mol. The van der Waals surface area contributed by atoms with Gasteiger partial charge in [0.15, 0.2) is 17.3 Å². The summed E-state index contributed by atoms with van der Waals surface area (Å²) in [6.45, 7) is 5.59. The minimum absolute atomic E-state index is 0.207. The molecule has 4 aromatic carbocycles. The van der Waals surface area contributed by atoms with Crippen LogP contribution in [-0.4, -0.2) is 19.1 Å². The molecule has 0 atom stereocenters. The lowest BCUT2D eigenvalue weighted by atomic mass is 10.1. The first-order valence-electron chi connectivity index (χ1n) is 13.2. The highest BCUT2D eigenvalue weighted by atomic mass is 16.5. The van der Waals surface area contributed by atoms with E-state index in [-0.39, 0.29) is 18.3 Å². The Morgan fingerprint density at radius 2 is 1.40 bits per heavy atom. The normalized spacial score (nSPS) is 10.8. The number of furan rings is 1. The van der Waals surface area contributed by atoms with Crippen molar-refractivity contribution >= 4 is 22.4 Å². The fourth-order valence-electron chi connectivity index (χ4n) is 4.17. The number of carbonyl (C=O) groups excluding carboxylic acids is 1. The number of nitrogens with one attached hydrogen (secondary N) is 1. The van der Waals surface area contributed by atoms with E-state index in [1.807, 2.05) is 68.4 Å². The van der Waals surface area contributed by atoms with Gasteiger partial charge in [-0.05, 0) is 90.8 Å². The molecule has 1 amide bonds. The highest BCUT2D eigenvalue weighted by Crippen LogP contribution is 2.29. The minimum atomic E-state index is -0.344. The van der Waals surface area contributed by atoms with E-state index in [1.54, 1.807) is 36.4 Å². The molecule has 0 unspecified atom stereocenters. The van der Waals surface area contributed by atoms with Crippen molar-refractivity contribution in [1.82, 2.24) is 0 Å². The molecule has 0 aliphatic carbocycles. The van der Waals surface area contributed by atoms with Gasteiger partial charge in [0.2, 0.25) is 0 Å². The zero-order chi connectivity index (χ0) is 27.7. The van der Waals surface area contributed by atoms with Gasteiger partial charge in [-0.3, -0.25) is 4.79 Å². The van der Waals surface area contributed by atoms with Gasteiger partial charge >= 0.3 is 0 Å². The molecule has 0 aliphatic rings. The lowest BCUT2D eigenvalue weighted by Gasteiger charge is -2.13. The first-order valence-corrected chi connectivity index (χ1v) is 13.2. The Balaban J connectivity index is 1.12. The fraction of sp³-hybridized carbons (Fsp3) is 0.182. The Kier molecular flexibility index (Phi) is 8.51. The maximum atomic E-state index is 12.7. The molecule has 1 heterocycles. The number of fused-ring (bicyclic) bond motifs is 1. The van der Waals surface area contributed by atoms with E-state index in [0.29, 0.717) is 48.5 Å². The largest absolute Gasteiger partial charge is 0.490 e. The summed E-state index contributed by atoms with van der Waals surface area (Å²) in [7, 11) is 0. The van der Waals surface area contributed by atoms with E-state index in [2.05, 4.69) is 11.4 Å². The number of carbonyl (C=O) groups is 1. The van der Waals surface area contributed by atoms with Crippen molar-refractivity contribution in [2.45, 2.75) is 27.1 Å². The zero-order valence-corrected chi connectivity index (χ0v) is 22.5. The molecule has 5 aromatic rings. The number of anilines is 1. The van der Waals surface area contributed by atoms with E-state index >= 15 is 0 Å². The van der Waals surface area contributed by atoms with Crippen LogP contribution in [-0.2, 0) is 13.2 Å². The number of ether oxygens (including phenoxy) is 4. The van der Waals surface area contributed by atoms with Gasteiger partial charge in [-0.15, -0.1) is 0 Å². The molecule has 1 N–H and O–H groups in total. The van der Waals surface area contributed by atoms with Crippen molar-refractivity contribution in [3.63, 3.8) is 0 Å². The minimum Gasteiger partial charge on any atom is -0.490 e. The van der Waals surface area contributed by atoms with Crippen molar-refractivity contribution in [2.24, 2.45) is 0 Å². The molecule has 0 bridgehead atoms. The maximum Gasteiger partial charge on any atom is 0.291 e. The molecule has 0 saturated carbocycles. The van der Waals surface area contributed by atoms with Crippen LogP contribution in [0.2, 0.25) is 0 Å². The predicted molar refractivity (Wildman–Crippen MR) is 154 cm³/mol. The van der Waals surface area contributed by atoms with Gasteiger partial charge in [-0.25, -0.2) is 0 Å². The van der Waals surface area contributed by atoms with E-state index in [0.717, 1.165) is 22.1 Å². The molecule has 7 nitrogen and oxygen atoms in total. The molecule has 0 aliphatic heterocycles.